The van der Waals surface area contributed by atoms with E-state index in [1.54, 1.807) is 0 Å². The summed E-state index contributed by atoms with van der Waals surface area (Å²) in [4.78, 5) is 0. The summed E-state index contributed by atoms with van der Waals surface area (Å²) in [5.74, 6) is 0. The van der Waals surface area contributed by atoms with Gasteiger partial charge in [-0.1, -0.05) is 50.0 Å². The average Bonchev–Trinajstić information content (AvgIpc) is 2.55. The van der Waals surface area contributed by atoms with Crippen LogP contribution in [0, 0.1) is 0 Å². The van der Waals surface area contributed by atoms with Crippen LogP contribution in [-0.2, 0) is 15.7 Å². The number of rotatable bonds is 4. The minimum Gasteiger partial charge on any atom is -0.403 e. The van der Waals surface area contributed by atoms with Crippen LogP contribution in [0.4, 0.5) is 0 Å². The summed E-state index contributed by atoms with van der Waals surface area (Å²) in [7, 11) is -1.51. The second-order valence-corrected chi connectivity index (χ2v) is 13.8. The fourth-order valence-electron chi connectivity index (χ4n) is 2.73. The van der Waals surface area contributed by atoms with E-state index in [-0.39, 0.29) is 18.3 Å². The van der Waals surface area contributed by atoms with Gasteiger partial charge in [0, 0.05) is 8.07 Å². The molecular weight excluding hydrogens is 275 g/mol. The standard InChI is InChI=1S/C17H29BO2Si/c1-16(2)17(3,4)20-18(19-16)15(21(5,6)7)13-14-11-9-8-10-12-14/h8-12,15H,13H2,1-7H3. The maximum Gasteiger partial charge on any atom is 0.458 e. The lowest BCUT2D eigenvalue weighted by Gasteiger charge is -2.32. The van der Waals surface area contributed by atoms with Crippen molar-refractivity contribution in [3.63, 3.8) is 0 Å². The van der Waals surface area contributed by atoms with Crippen LogP contribution in [0.3, 0.4) is 0 Å². The van der Waals surface area contributed by atoms with Crippen molar-refractivity contribution in [1.82, 2.24) is 0 Å². The van der Waals surface area contributed by atoms with Crippen LogP contribution in [0.2, 0.25) is 25.1 Å². The second-order valence-electron chi connectivity index (χ2n) is 8.29. The van der Waals surface area contributed by atoms with Gasteiger partial charge in [0.25, 0.3) is 0 Å². The van der Waals surface area contributed by atoms with Crippen LogP contribution in [0.15, 0.2) is 30.3 Å². The predicted molar refractivity (Wildman–Crippen MR) is 93.3 cm³/mol. The molecule has 1 unspecified atom stereocenters. The summed E-state index contributed by atoms with van der Waals surface area (Å²) in [5.41, 5.74) is 1.35. The fourth-order valence-corrected chi connectivity index (χ4v) is 4.53. The van der Waals surface area contributed by atoms with Gasteiger partial charge in [0.2, 0.25) is 0 Å². The molecule has 21 heavy (non-hydrogen) atoms. The molecule has 1 saturated heterocycles. The Labute approximate surface area is 131 Å². The molecule has 0 bridgehead atoms. The van der Waals surface area contributed by atoms with Gasteiger partial charge in [-0.2, -0.15) is 0 Å². The lowest BCUT2D eigenvalue weighted by Crippen LogP contribution is -2.42. The quantitative estimate of drug-likeness (QED) is 0.759. The van der Waals surface area contributed by atoms with Gasteiger partial charge in [0.1, 0.15) is 0 Å². The number of hydrogen-bond acceptors (Lipinski definition) is 2. The third-order valence-corrected chi connectivity index (χ3v) is 7.71. The molecule has 0 N–H and O–H groups in total. The molecule has 0 amide bonds. The van der Waals surface area contributed by atoms with Gasteiger partial charge in [0.05, 0.1) is 11.2 Å². The Bertz CT molecular complexity index is 463. The van der Waals surface area contributed by atoms with Crippen LogP contribution in [0.25, 0.3) is 0 Å². The van der Waals surface area contributed by atoms with Gasteiger partial charge in [-0.15, -0.1) is 0 Å². The molecule has 2 rings (SSSR count). The fraction of sp³-hybridized carbons (Fsp3) is 0.647. The van der Waals surface area contributed by atoms with E-state index in [1.807, 2.05) is 0 Å². The molecule has 0 spiro atoms. The van der Waals surface area contributed by atoms with Crippen LogP contribution in [-0.4, -0.2) is 26.4 Å². The van der Waals surface area contributed by atoms with E-state index in [0.717, 1.165) is 6.42 Å². The molecule has 0 saturated carbocycles. The van der Waals surface area contributed by atoms with Crippen LogP contribution in [0.5, 0.6) is 0 Å². The summed E-state index contributed by atoms with van der Waals surface area (Å²) in [6, 6.07) is 10.7. The first-order valence-electron chi connectivity index (χ1n) is 7.92. The molecule has 1 atom stereocenters. The molecule has 1 aliphatic heterocycles. The third kappa shape index (κ3) is 3.61. The van der Waals surface area contributed by atoms with Crippen LogP contribution in [0.1, 0.15) is 33.3 Å². The molecular formula is C17H29BO2Si. The molecule has 1 aliphatic rings. The highest BCUT2D eigenvalue weighted by Gasteiger charge is 2.55. The van der Waals surface area contributed by atoms with Gasteiger partial charge >= 0.3 is 7.12 Å². The monoisotopic (exact) mass is 304 g/mol. The Morgan fingerprint density at radius 3 is 1.86 bits per heavy atom. The summed E-state index contributed by atoms with van der Waals surface area (Å²) in [6.45, 7) is 15.8. The van der Waals surface area contributed by atoms with E-state index in [0.29, 0.717) is 5.44 Å². The van der Waals surface area contributed by atoms with Gasteiger partial charge < -0.3 is 9.31 Å². The van der Waals surface area contributed by atoms with Crippen molar-refractivity contribution in [1.29, 1.82) is 0 Å². The van der Waals surface area contributed by atoms with E-state index < -0.39 is 8.07 Å². The molecule has 1 aromatic carbocycles. The Morgan fingerprint density at radius 1 is 0.952 bits per heavy atom. The van der Waals surface area contributed by atoms with E-state index in [4.69, 9.17) is 9.31 Å². The number of hydrogen-bond donors (Lipinski definition) is 0. The summed E-state index contributed by atoms with van der Waals surface area (Å²) >= 11 is 0. The highest BCUT2D eigenvalue weighted by molar-refractivity contribution is 6.87. The predicted octanol–water partition coefficient (Wildman–Crippen LogP) is 4.57. The second kappa shape index (κ2) is 5.56. The van der Waals surface area contributed by atoms with Crippen LogP contribution < -0.4 is 0 Å². The maximum atomic E-state index is 6.34. The van der Waals surface area contributed by atoms with Crippen molar-refractivity contribution in [2.24, 2.45) is 0 Å². The largest absolute Gasteiger partial charge is 0.458 e. The average molecular weight is 304 g/mol. The van der Waals surface area contributed by atoms with Gasteiger partial charge in [-0.3, -0.25) is 0 Å². The molecule has 0 aliphatic carbocycles. The zero-order valence-corrected chi connectivity index (χ0v) is 15.6. The van der Waals surface area contributed by atoms with Gasteiger partial charge in [-0.25, -0.2) is 0 Å². The first-order chi connectivity index (χ1) is 9.53. The Hall–Kier alpha value is -0.578. The molecule has 1 fully saturated rings. The zero-order valence-electron chi connectivity index (χ0n) is 14.6. The zero-order chi connectivity index (χ0) is 15.9. The van der Waals surface area contributed by atoms with E-state index in [9.17, 15) is 0 Å². The maximum absolute atomic E-state index is 6.34. The minimum absolute atomic E-state index is 0.0955. The summed E-state index contributed by atoms with van der Waals surface area (Å²) < 4.78 is 12.7. The van der Waals surface area contributed by atoms with Crippen molar-refractivity contribution < 1.29 is 9.31 Å². The molecule has 4 heteroatoms. The smallest absolute Gasteiger partial charge is 0.403 e. The highest BCUT2D eigenvalue weighted by atomic mass is 28.3. The highest BCUT2D eigenvalue weighted by Crippen LogP contribution is 2.43. The van der Waals surface area contributed by atoms with Gasteiger partial charge in [0.15, 0.2) is 0 Å². The Kier molecular flexibility index (Phi) is 4.45. The first kappa shape index (κ1) is 16.8. The van der Waals surface area contributed by atoms with Crippen molar-refractivity contribution in [3.05, 3.63) is 35.9 Å². The van der Waals surface area contributed by atoms with Crippen LogP contribution >= 0.6 is 0 Å². The van der Waals surface area contributed by atoms with Crippen molar-refractivity contribution in [3.8, 4) is 0 Å². The van der Waals surface area contributed by atoms with Crippen molar-refractivity contribution in [2.45, 2.75) is 70.4 Å². The molecule has 0 radical (unpaired) electrons. The Balaban J connectivity index is 2.23. The van der Waals surface area contributed by atoms with E-state index in [2.05, 4.69) is 77.7 Å². The third-order valence-electron chi connectivity index (χ3n) is 5.01. The lowest BCUT2D eigenvalue weighted by molar-refractivity contribution is 0.00578. The SMILES string of the molecule is CC1(C)OB(C(Cc2ccccc2)[Si](C)(C)C)OC1(C)C. The van der Waals surface area contributed by atoms with E-state index >= 15 is 0 Å². The van der Waals surface area contributed by atoms with Crippen molar-refractivity contribution >= 4 is 15.2 Å². The normalized spacial score (nSPS) is 22.3. The van der Waals surface area contributed by atoms with Gasteiger partial charge in [-0.05, 0) is 45.1 Å². The molecule has 0 aromatic heterocycles. The summed E-state index contributed by atoms with van der Waals surface area (Å²) in [5, 5.41) is 0. The number of benzene rings is 1. The minimum atomic E-state index is -1.41. The molecule has 1 heterocycles. The molecule has 2 nitrogen and oxygen atoms in total. The summed E-state index contributed by atoms with van der Waals surface area (Å²) in [6.07, 6.45) is 1.04. The lowest BCUT2D eigenvalue weighted by atomic mass is 9.80. The molecule has 116 valence electrons. The molecule has 1 aromatic rings. The topological polar surface area (TPSA) is 18.5 Å². The first-order valence-corrected chi connectivity index (χ1v) is 11.5. The van der Waals surface area contributed by atoms with Crippen molar-refractivity contribution in [2.75, 3.05) is 0 Å². The van der Waals surface area contributed by atoms with E-state index in [1.165, 1.54) is 5.56 Å². The Morgan fingerprint density at radius 2 is 1.43 bits per heavy atom.